The monoisotopic (exact) mass is 334 g/mol. The summed E-state index contributed by atoms with van der Waals surface area (Å²) < 4.78 is 5.62. The minimum Gasteiger partial charge on any atom is -0.383 e. The molecule has 2 aromatic heterocycles. The maximum atomic E-state index is 12.1. The maximum absolute atomic E-state index is 12.1. The SMILES string of the molecule is Nc1cc(=O)[nH]c(CCNC(=O)c2ccc(C3CCCO3)s2)n1. The first kappa shape index (κ1) is 15.7. The topological polar surface area (TPSA) is 110 Å². The number of anilines is 1. The summed E-state index contributed by atoms with van der Waals surface area (Å²) in [6.45, 7) is 1.16. The van der Waals surface area contributed by atoms with Crippen LogP contribution in [0.15, 0.2) is 23.0 Å². The van der Waals surface area contributed by atoms with Crippen LogP contribution in [0.2, 0.25) is 0 Å². The number of ether oxygens (including phenoxy) is 1. The number of thiophene rings is 1. The molecule has 0 bridgehead atoms. The third-order valence-electron chi connectivity index (χ3n) is 3.56. The van der Waals surface area contributed by atoms with Crippen molar-refractivity contribution in [3.63, 3.8) is 0 Å². The van der Waals surface area contributed by atoms with Crippen molar-refractivity contribution in [3.8, 4) is 0 Å². The van der Waals surface area contributed by atoms with Crippen molar-refractivity contribution in [2.24, 2.45) is 0 Å². The van der Waals surface area contributed by atoms with Gasteiger partial charge in [0.15, 0.2) is 0 Å². The highest BCUT2D eigenvalue weighted by Crippen LogP contribution is 2.33. The first-order valence-corrected chi connectivity index (χ1v) is 8.29. The number of amides is 1. The van der Waals surface area contributed by atoms with E-state index < -0.39 is 0 Å². The van der Waals surface area contributed by atoms with Crippen LogP contribution in [0.5, 0.6) is 0 Å². The van der Waals surface area contributed by atoms with Gasteiger partial charge in [-0.25, -0.2) is 4.98 Å². The maximum Gasteiger partial charge on any atom is 0.261 e. The standard InChI is InChI=1S/C15H18N4O3S/c16-12-8-14(20)19-13(18-12)5-6-17-15(21)11-4-3-10(23-11)9-2-1-7-22-9/h3-4,8-9H,1-2,5-7H2,(H,17,21)(H3,16,18,19,20). The highest BCUT2D eigenvalue weighted by atomic mass is 32.1. The Labute approximate surface area is 136 Å². The number of H-pyrrole nitrogens is 1. The zero-order chi connectivity index (χ0) is 16.2. The Hall–Kier alpha value is -2.19. The molecule has 1 atom stereocenters. The van der Waals surface area contributed by atoms with Gasteiger partial charge in [-0.2, -0.15) is 0 Å². The van der Waals surface area contributed by atoms with Gasteiger partial charge in [-0.1, -0.05) is 0 Å². The Morgan fingerprint density at radius 3 is 3.13 bits per heavy atom. The molecule has 0 saturated carbocycles. The molecule has 3 rings (SSSR count). The molecule has 23 heavy (non-hydrogen) atoms. The predicted octanol–water partition coefficient (Wildman–Crippen LogP) is 1.24. The fraction of sp³-hybridized carbons (Fsp3) is 0.400. The Morgan fingerprint density at radius 2 is 2.39 bits per heavy atom. The van der Waals surface area contributed by atoms with E-state index in [1.54, 1.807) is 0 Å². The molecule has 1 aliphatic heterocycles. The average molecular weight is 334 g/mol. The van der Waals surface area contributed by atoms with Gasteiger partial charge in [0.2, 0.25) is 0 Å². The second-order valence-electron chi connectivity index (χ2n) is 5.33. The van der Waals surface area contributed by atoms with Gasteiger partial charge in [0, 0.05) is 30.5 Å². The number of hydrogen-bond acceptors (Lipinski definition) is 6. The summed E-state index contributed by atoms with van der Waals surface area (Å²) in [7, 11) is 0. The molecule has 1 aliphatic rings. The number of aromatic nitrogens is 2. The average Bonchev–Trinajstić information content (AvgIpc) is 3.17. The van der Waals surface area contributed by atoms with Gasteiger partial charge in [0.25, 0.3) is 11.5 Å². The third-order valence-corrected chi connectivity index (χ3v) is 4.73. The number of aromatic amines is 1. The normalized spacial score (nSPS) is 17.3. The van der Waals surface area contributed by atoms with E-state index in [0.29, 0.717) is 23.7 Å². The number of carbonyl (C=O) groups is 1. The second-order valence-corrected chi connectivity index (χ2v) is 6.44. The van der Waals surface area contributed by atoms with Gasteiger partial charge >= 0.3 is 0 Å². The van der Waals surface area contributed by atoms with E-state index in [4.69, 9.17) is 10.5 Å². The van der Waals surface area contributed by atoms with Gasteiger partial charge in [-0.15, -0.1) is 11.3 Å². The van der Waals surface area contributed by atoms with Crippen LogP contribution in [0.1, 0.15) is 39.3 Å². The molecule has 2 aromatic rings. The molecule has 0 spiro atoms. The quantitative estimate of drug-likeness (QED) is 0.762. The minimum atomic E-state index is -0.293. The third kappa shape index (κ3) is 3.96. The van der Waals surface area contributed by atoms with E-state index in [9.17, 15) is 9.59 Å². The van der Waals surface area contributed by atoms with E-state index in [1.807, 2.05) is 12.1 Å². The largest absolute Gasteiger partial charge is 0.383 e. The fourth-order valence-electron chi connectivity index (χ4n) is 2.48. The predicted molar refractivity (Wildman–Crippen MR) is 87.6 cm³/mol. The lowest BCUT2D eigenvalue weighted by atomic mass is 10.2. The molecule has 1 fully saturated rings. The molecule has 0 radical (unpaired) electrons. The van der Waals surface area contributed by atoms with Crippen LogP contribution in [0.25, 0.3) is 0 Å². The van der Waals surface area contributed by atoms with Gasteiger partial charge in [0.05, 0.1) is 11.0 Å². The summed E-state index contributed by atoms with van der Waals surface area (Å²) in [4.78, 5) is 31.8. The van der Waals surface area contributed by atoms with Crippen molar-refractivity contribution in [3.05, 3.63) is 44.1 Å². The first-order chi connectivity index (χ1) is 11.1. The molecule has 1 unspecified atom stereocenters. The molecular weight excluding hydrogens is 316 g/mol. The van der Waals surface area contributed by atoms with E-state index in [-0.39, 0.29) is 23.4 Å². The van der Waals surface area contributed by atoms with Crippen molar-refractivity contribution < 1.29 is 9.53 Å². The Morgan fingerprint density at radius 1 is 1.52 bits per heavy atom. The Balaban J connectivity index is 1.54. The van der Waals surface area contributed by atoms with Crippen LogP contribution in [0.4, 0.5) is 5.82 Å². The second kappa shape index (κ2) is 6.93. The van der Waals surface area contributed by atoms with E-state index in [0.717, 1.165) is 24.3 Å². The van der Waals surface area contributed by atoms with Crippen molar-refractivity contribution >= 4 is 23.1 Å². The Kier molecular flexibility index (Phi) is 4.73. The molecule has 1 amide bonds. The van der Waals surface area contributed by atoms with Crippen molar-refractivity contribution in [1.29, 1.82) is 0 Å². The van der Waals surface area contributed by atoms with Gasteiger partial charge < -0.3 is 20.8 Å². The zero-order valence-corrected chi connectivity index (χ0v) is 13.3. The van der Waals surface area contributed by atoms with Crippen LogP contribution >= 0.6 is 11.3 Å². The highest BCUT2D eigenvalue weighted by molar-refractivity contribution is 7.14. The Bertz CT molecular complexity index is 749. The minimum absolute atomic E-state index is 0.128. The molecule has 8 heteroatoms. The molecule has 4 N–H and O–H groups in total. The van der Waals surface area contributed by atoms with Crippen LogP contribution < -0.4 is 16.6 Å². The van der Waals surface area contributed by atoms with Gasteiger partial charge in [0.1, 0.15) is 11.6 Å². The summed E-state index contributed by atoms with van der Waals surface area (Å²) in [5.41, 5.74) is 5.22. The van der Waals surface area contributed by atoms with Crippen LogP contribution in [-0.2, 0) is 11.2 Å². The highest BCUT2D eigenvalue weighted by Gasteiger charge is 2.20. The number of hydrogen-bond donors (Lipinski definition) is 3. The summed E-state index contributed by atoms with van der Waals surface area (Å²) >= 11 is 1.46. The molecular formula is C15H18N4O3S. The lowest BCUT2D eigenvalue weighted by molar-refractivity contribution is 0.0958. The van der Waals surface area contributed by atoms with Gasteiger partial charge in [-0.05, 0) is 25.0 Å². The molecule has 7 nitrogen and oxygen atoms in total. The smallest absolute Gasteiger partial charge is 0.261 e. The van der Waals surface area contributed by atoms with Crippen LogP contribution in [-0.4, -0.2) is 29.0 Å². The van der Waals surface area contributed by atoms with Crippen LogP contribution in [0.3, 0.4) is 0 Å². The van der Waals surface area contributed by atoms with Crippen molar-refractivity contribution in [2.75, 3.05) is 18.9 Å². The van der Waals surface area contributed by atoms with E-state index >= 15 is 0 Å². The molecule has 1 saturated heterocycles. The summed E-state index contributed by atoms with van der Waals surface area (Å²) in [6, 6.07) is 4.99. The number of nitrogen functional groups attached to an aromatic ring is 1. The summed E-state index contributed by atoms with van der Waals surface area (Å²) in [6.07, 6.45) is 2.62. The molecule has 122 valence electrons. The van der Waals surface area contributed by atoms with Crippen molar-refractivity contribution in [2.45, 2.75) is 25.4 Å². The number of nitrogens with zero attached hydrogens (tertiary/aromatic N) is 1. The molecule has 3 heterocycles. The fourth-order valence-corrected chi connectivity index (χ4v) is 3.49. The number of carbonyl (C=O) groups excluding carboxylic acids is 1. The summed E-state index contributed by atoms with van der Waals surface area (Å²) in [5, 5.41) is 2.82. The van der Waals surface area contributed by atoms with Crippen LogP contribution in [0, 0.1) is 0 Å². The van der Waals surface area contributed by atoms with E-state index in [2.05, 4.69) is 15.3 Å². The first-order valence-electron chi connectivity index (χ1n) is 7.47. The summed E-state index contributed by atoms with van der Waals surface area (Å²) in [5.74, 6) is 0.501. The van der Waals surface area contributed by atoms with Crippen molar-refractivity contribution in [1.82, 2.24) is 15.3 Å². The number of nitrogens with two attached hydrogens (primary N) is 1. The lowest BCUT2D eigenvalue weighted by Crippen LogP contribution is -2.26. The zero-order valence-electron chi connectivity index (χ0n) is 12.5. The van der Waals surface area contributed by atoms with E-state index in [1.165, 1.54) is 17.4 Å². The lowest BCUT2D eigenvalue weighted by Gasteiger charge is -2.05. The molecule has 0 aromatic carbocycles. The number of rotatable bonds is 5. The number of nitrogens with one attached hydrogen (secondary N) is 2. The van der Waals surface area contributed by atoms with Gasteiger partial charge in [-0.3, -0.25) is 9.59 Å². The molecule has 0 aliphatic carbocycles.